The normalized spacial score (nSPS) is 29.9. The Morgan fingerprint density at radius 2 is 2.15 bits per heavy atom. The van der Waals surface area contributed by atoms with Crippen LogP contribution in [0, 0.1) is 5.92 Å². The summed E-state index contributed by atoms with van der Waals surface area (Å²) < 4.78 is 0. The van der Waals surface area contributed by atoms with Gasteiger partial charge in [-0.2, -0.15) is 0 Å². The van der Waals surface area contributed by atoms with Gasteiger partial charge in [0, 0.05) is 37.4 Å². The average molecular weight is 388 g/mol. The minimum atomic E-state index is -0.885. The predicted molar refractivity (Wildman–Crippen MR) is 102 cm³/mol. The van der Waals surface area contributed by atoms with E-state index in [9.17, 15) is 14.4 Å². The monoisotopic (exact) mass is 388 g/mol. The zero-order valence-corrected chi connectivity index (χ0v) is 16.0. The summed E-state index contributed by atoms with van der Waals surface area (Å²) in [6.07, 6.45) is 4.67. The van der Waals surface area contributed by atoms with Crippen molar-refractivity contribution in [2.24, 2.45) is 5.92 Å². The number of nitrogens with zero attached hydrogens (tertiary/aromatic N) is 2. The average Bonchev–Trinajstić information content (AvgIpc) is 3.24. The van der Waals surface area contributed by atoms with Crippen LogP contribution < -0.4 is 15.5 Å². The van der Waals surface area contributed by atoms with E-state index < -0.39 is 11.6 Å². The Morgan fingerprint density at radius 3 is 2.85 bits per heavy atom. The molecule has 1 aromatic rings. The number of piperazine rings is 1. The molecule has 27 heavy (non-hydrogen) atoms. The molecule has 3 aliphatic heterocycles. The quantitative estimate of drug-likeness (QED) is 0.766. The molecule has 1 aromatic heterocycles. The second kappa shape index (κ2) is 6.22. The van der Waals surface area contributed by atoms with Crippen LogP contribution in [0.25, 0.3) is 0 Å². The van der Waals surface area contributed by atoms with Crippen LogP contribution in [0.3, 0.4) is 0 Å². The van der Waals surface area contributed by atoms with Crippen molar-refractivity contribution in [1.29, 1.82) is 0 Å². The molecule has 1 saturated carbocycles. The molecule has 0 spiro atoms. The van der Waals surface area contributed by atoms with Crippen LogP contribution in [0.1, 0.15) is 37.0 Å². The Bertz CT molecular complexity index is 805. The number of amides is 4. The SMILES string of the molecule is O=C1NC(=O)[C@](CCC(=O)N2CCN3c4ccsc4CC3C2)(C2CCC2)N1. The Kier molecular flexibility index (Phi) is 3.93. The van der Waals surface area contributed by atoms with Crippen molar-refractivity contribution in [2.75, 3.05) is 24.5 Å². The summed E-state index contributed by atoms with van der Waals surface area (Å²) in [7, 11) is 0. The number of imide groups is 1. The molecule has 2 saturated heterocycles. The molecule has 4 heterocycles. The van der Waals surface area contributed by atoms with Crippen molar-refractivity contribution >= 4 is 34.9 Å². The molecule has 0 bridgehead atoms. The second-order valence-electron chi connectivity index (χ2n) is 8.13. The summed E-state index contributed by atoms with van der Waals surface area (Å²) in [5.74, 6) is -0.00739. The molecule has 4 aliphatic rings. The van der Waals surface area contributed by atoms with E-state index in [1.54, 1.807) is 11.3 Å². The number of carbonyl (C=O) groups excluding carboxylic acids is 3. The zero-order chi connectivity index (χ0) is 18.6. The molecule has 4 amide bonds. The highest BCUT2D eigenvalue weighted by molar-refractivity contribution is 7.10. The maximum atomic E-state index is 12.9. The lowest BCUT2D eigenvalue weighted by molar-refractivity contribution is -0.133. The molecule has 5 rings (SSSR count). The van der Waals surface area contributed by atoms with E-state index in [0.29, 0.717) is 18.9 Å². The predicted octanol–water partition coefficient (Wildman–Crippen LogP) is 1.48. The minimum Gasteiger partial charge on any atom is -0.364 e. The second-order valence-corrected chi connectivity index (χ2v) is 9.13. The van der Waals surface area contributed by atoms with Crippen LogP contribution in [0.2, 0.25) is 0 Å². The standard InChI is InChI=1S/C19H24N4O3S/c24-16(4-6-19(12-2-1-3-12)17(25)20-18(26)21-19)22-7-8-23-13(11-22)10-15-14(23)5-9-27-15/h5,9,12-13H,1-4,6-8,10-11H2,(H2,20,21,25,26)/t13?,19-/m0/s1. The number of urea groups is 1. The summed E-state index contributed by atoms with van der Waals surface area (Å²) in [6.45, 7) is 2.33. The van der Waals surface area contributed by atoms with Crippen molar-refractivity contribution in [3.8, 4) is 0 Å². The first-order chi connectivity index (χ1) is 13.1. The highest BCUT2D eigenvalue weighted by Crippen LogP contribution is 2.41. The van der Waals surface area contributed by atoms with Crippen molar-refractivity contribution in [2.45, 2.75) is 50.1 Å². The van der Waals surface area contributed by atoms with Gasteiger partial charge in [-0.1, -0.05) is 6.42 Å². The maximum Gasteiger partial charge on any atom is 0.322 e. The van der Waals surface area contributed by atoms with Gasteiger partial charge in [-0.15, -0.1) is 11.3 Å². The van der Waals surface area contributed by atoms with Crippen molar-refractivity contribution in [1.82, 2.24) is 15.5 Å². The van der Waals surface area contributed by atoms with Gasteiger partial charge >= 0.3 is 6.03 Å². The van der Waals surface area contributed by atoms with Crippen LogP contribution in [0.4, 0.5) is 10.5 Å². The molecule has 144 valence electrons. The number of hydrogen-bond acceptors (Lipinski definition) is 5. The first kappa shape index (κ1) is 17.0. The highest BCUT2D eigenvalue weighted by Gasteiger charge is 2.53. The smallest absolute Gasteiger partial charge is 0.322 e. The number of carbonyl (C=O) groups is 3. The molecule has 2 N–H and O–H groups in total. The van der Waals surface area contributed by atoms with Gasteiger partial charge in [0.25, 0.3) is 5.91 Å². The lowest BCUT2D eigenvalue weighted by atomic mass is 9.68. The fourth-order valence-electron chi connectivity index (χ4n) is 5.07. The fourth-order valence-corrected chi connectivity index (χ4v) is 6.02. The van der Waals surface area contributed by atoms with Gasteiger partial charge in [0.2, 0.25) is 5.91 Å². The first-order valence-corrected chi connectivity index (χ1v) is 10.7. The van der Waals surface area contributed by atoms with E-state index in [1.807, 2.05) is 4.90 Å². The molecule has 2 atom stereocenters. The van der Waals surface area contributed by atoms with Gasteiger partial charge in [0.15, 0.2) is 0 Å². The number of fused-ring (bicyclic) bond motifs is 3. The topological polar surface area (TPSA) is 81.8 Å². The van der Waals surface area contributed by atoms with Gasteiger partial charge in [0.1, 0.15) is 5.54 Å². The Morgan fingerprint density at radius 1 is 1.30 bits per heavy atom. The third-order valence-corrected chi connectivity index (χ3v) is 7.72. The van der Waals surface area contributed by atoms with Crippen molar-refractivity contribution in [3.63, 3.8) is 0 Å². The lowest BCUT2D eigenvalue weighted by Gasteiger charge is -2.41. The van der Waals surface area contributed by atoms with Crippen LogP contribution in [0.15, 0.2) is 11.4 Å². The zero-order valence-electron chi connectivity index (χ0n) is 15.2. The Labute approximate surface area is 162 Å². The van der Waals surface area contributed by atoms with Gasteiger partial charge < -0.3 is 15.1 Å². The van der Waals surface area contributed by atoms with Crippen molar-refractivity contribution in [3.05, 3.63) is 16.3 Å². The van der Waals surface area contributed by atoms with Gasteiger partial charge in [0.05, 0.1) is 11.7 Å². The van der Waals surface area contributed by atoms with E-state index in [-0.39, 0.29) is 17.7 Å². The summed E-state index contributed by atoms with van der Waals surface area (Å²) >= 11 is 1.80. The Hall–Kier alpha value is -2.09. The number of rotatable bonds is 4. The van der Waals surface area contributed by atoms with E-state index in [2.05, 4.69) is 27.0 Å². The van der Waals surface area contributed by atoms with Crippen molar-refractivity contribution < 1.29 is 14.4 Å². The van der Waals surface area contributed by atoms with Crippen LogP contribution in [-0.4, -0.2) is 54.0 Å². The van der Waals surface area contributed by atoms with Gasteiger partial charge in [-0.3, -0.25) is 14.9 Å². The van der Waals surface area contributed by atoms with Gasteiger partial charge in [-0.25, -0.2) is 4.79 Å². The van der Waals surface area contributed by atoms with E-state index >= 15 is 0 Å². The fraction of sp³-hybridized carbons (Fsp3) is 0.632. The Balaban J connectivity index is 1.23. The maximum absolute atomic E-state index is 12.9. The van der Waals surface area contributed by atoms with E-state index in [4.69, 9.17) is 0 Å². The summed E-state index contributed by atoms with van der Waals surface area (Å²) in [5.41, 5.74) is 0.455. The molecule has 8 heteroatoms. The van der Waals surface area contributed by atoms with Crippen LogP contribution in [-0.2, 0) is 16.0 Å². The molecule has 3 fully saturated rings. The van der Waals surface area contributed by atoms with E-state index in [1.165, 1.54) is 10.6 Å². The number of anilines is 1. The molecule has 0 radical (unpaired) electrons. The molecular formula is C19H24N4O3S. The first-order valence-electron chi connectivity index (χ1n) is 9.81. The summed E-state index contributed by atoms with van der Waals surface area (Å²) in [5, 5.41) is 7.36. The molecule has 0 aromatic carbocycles. The molecule has 7 nitrogen and oxygen atoms in total. The van der Waals surface area contributed by atoms with Crippen LogP contribution >= 0.6 is 11.3 Å². The third kappa shape index (κ3) is 2.64. The number of hydrogen-bond donors (Lipinski definition) is 2. The molecule has 1 unspecified atom stereocenters. The molecular weight excluding hydrogens is 364 g/mol. The summed E-state index contributed by atoms with van der Waals surface area (Å²) in [4.78, 5) is 42.8. The number of thiophene rings is 1. The largest absolute Gasteiger partial charge is 0.364 e. The van der Waals surface area contributed by atoms with Gasteiger partial charge in [-0.05, 0) is 36.6 Å². The lowest BCUT2D eigenvalue weighted by Crippen LogP contribution is -2.57. The minimum absolute atomic E-state index is 0.0950. The van der Waals surface area contributed by atoms with E-state index in [0.717, 1.165) is 45.3 Å². The van der Waals surface area contributed by atoms with Crippen LogP contribution in [0.5, 0.6) is 0 Å². The summed E-state index contributed by atoms with van der Waals surface area (Å²) in [6, 6.07) is 2.13. The number of nitrogens with one attached hydrogen (secondary N) is 2. The highest BCUT2D eigenvalue weighted by atomic mass is 32.1. The third-order valence-electron chi connectivity index (χ3n) is 6.79. The molecule has 1 aliphatic carbocycles.